The van der Waals surface area contributed by atoms with Crippen LogP contribution in [0.1, 0.15) is 0 Å². The minimum absolute atomic E-state index is 1.12. The predicted molar refractivity (Wildman–Crippen MR) is 267 cm³/mol. The second-order valence-electron chi connectivity index (χ2n) is 17.7. The molecule has 6 heteroatoms. The summed E-state index contributed by atoms with van der Waals surface area (Å²) in [5, 5.41) is 9.66. The standard InChI is InChI=1S/C54H54O2Si4/c1-57(2,3)51-39-23-19-35-47(51)49-37-21-25-41-53(49)59(43-27-11-7-12-28-43,44-29-13-8-14-30-44)55-56-60(45-31-15-9-16-32-45,46-33-17-10-18-34-46)54-42-26-22-38-50(54)48-36-20-24-40-52(48)58(4,5)6/h7-42H,1-6H3. The van der Waals surface area contributed by atoms with E-state index in [2.05, 4.69) is 258 Å². The van der Waals surface area contributed by atoms with E-state index >= 15 is 0 Å². The van der Waals surface area contributed by atoms with Gasteiger partial charge in [0.1, 0.15) is 0 Å². The topological polar surface area (TPSA) is 18.5 Å². The van der Waals surface area contributed by atoms with Crippen LogP contribution in [0.5, 0.6) is 0 Å². The lowest BCUT2D eigenvalue weighted by Crippen LogP contribution is -2.75. The molecule has 0 amide bonds. The van der Waals surface area contributed by atoms with E-state index in [-0.39, 0.29) is 0 Å². The van der Waals surface area contributed by atoms with Crippen molar-refractivity contribution in [2.24, 2.45) is 0 Å². The molecule has 0 aliphatic rings. The molecule has 8 aromatic rings. The van der Waals surface area contributed by atoms with Crippen molar-refractivity contribution in [3.05, 3.63) is 218 Å². The fraction of sp³-hybridized carbons (Fsp3) is 0.111. The van der Waals surface area contributed by atoms with Gasteiger partial charge in [-0.05, 0) is 53.4 Å². The molecule has 2 nitrogen and oxygen atoms in total. The van der Waals surface area contributed by atoms with Gasteiger partial charge in [-0.1, -0.05) is 268 Å². The summed E-state index contributed by atoms with van der Waals surface area (Å²) in [4.78, 5) is 0. The maximum Gasteiger partial charge on any atom is 0.330 e. The Bertz CT molecular complexity index is 2410. The Kier molecular flexibility index (Phi) is 11.9. The van der Waals surface area contributed by atoms with Crippen LogP contribution in [0.4, 0.5) is 0 Å². The van der Waals surface area contributed by atoms with Crippen LogP contribution >= 0.6 is 0 Å². The highest BCUT2D eigenvalue weighted by atomic mass is 28.4. The van der Waals surface area contributed by atoms with Gasteiger partial charge >= 0.3 is 16.6 Å². The summed E-state index contributed by atoms with van der Waals surface area (Å²) < 4.78 is 15.8. The third-order valence-corrected chi connectivity index (χ3v) is 23.6. The quantitative estimate of drug-likeness (QED) is 0.0501. The Morgan fingerprint density at radius 1 is 0.233 bits per heavy atom. The minimum Gasteiger partial charge on any atom is -0.279 e. The van der Waals surface area contributed by atoms with Crippen molar-refractivity contribution in [2.75, 3.05) is 0 Å². The molecule has 0 fully saturated rings. The van der Waals surface area contributed by atoms with Crippen LogP contribution in [0.15, 0.2) is 218 Å². The van der Waals surface area contributed by atoms with Crippen LogP contribution < -0.4 is 41.5 Å². The van der Waals surface area contributed by atoms with Gasteiger partial charge in [-0.2, -0.15) is 0 Å². The zero-order valence-electron chi connectivity index (χ0n) is 35.6. The lowest BCUT2D eigenvalue weighted by Gasteiger charge is -2.39. The van der Waals surface area contributed by atoms with Crippen LogP contribution in [-0.2, 0) is 9.15 Å². The average Bonchev–Trinajstić information content (AvgIpc) is 3.29. The van der Waals surface area contributed by atoms with Gasteiger partial charge in [-0.25, -0.2) is 0 Å². The van der Waals surface area contributed by atoms with Crippen molar-refractivity contribution < 1.29 is 9.15 Å². The maximum atomic E-state index is 7.91. The van der Waals surface area contributed by atoms with Crippen molar-refractivity contribution in [1.82, 2.24) is 0 Å². The van der Waals surface area contributed by atoms with Gasteiger partial charge < -0.3 is 0 Å². The van der Waals surface area contributed by atoms with Crippen LogP contribution in [0.2, 0.25) is 39.3 Å². The van der Waals surface area contributed by atoms with Gasteiger partial charge in [0.15, 0.2) is 0 Å². The largest absolute Gasteiger partial charge is 0.330 e. The molecule has 0 N–H and O–H groups in total. The van der Waals surface area contributed by atoms with E-state index in [0.717, 1.165) is 31.1 Å². The first-order valence-electron chi connectivity index (χ1n) is 21.0. The zero-order chi connectivity index (χ0) is 41.8. The van der Waals surface area contributed by atoms with Crippen LogP contribution in [0.3, 0.4) is 0 Å². The van der Waals surface area contributed by atoms with Crippen LogP contribution in [0, 0.1) is 0 Å². The molecule has 0 bridgehead atoms. The lowest BCUT2D eigenvalue weighted by molar-refractivity contribution is -0.112. The van der Waals surface area contributed by atoms with E-state index in [9.17, 15) is 0 Å². The molecule has 0 saturated heterocycles. The average molecular weight is 847 g/mol. The van der Waals surface area contributed by atoms with E-state index in [1.165, 1.54) is 32.6 Å². The fourth-order valence-electron chi connectivity index (χ4n) is 8.85. The summed E-state index contributed by atoms with van der Waals surface area (Å²) in [6, 6.07) is 79.4. The highest BCUT2D eigenvalue weighted by Gasteiger charge is 2.52. The number of hydrogen-bond donors (Lipinski definition) is 0. The SMILES string of the molecule is C[Si](C)(C)c1ccccc1-c1ccccc1[Si](OO[Si](c1ccccc1)(c1ccccc1)c1ccccc1-c1ccccc1[Si](C)(C)C)(c1ccccc1)c1ccccc1. The summed E-state index contributed by atoms with van der Waals surface area (Å²) in [6.07, 6.45) is 0. The lowest BCUT2D eigenvalue weighted by atomic mass is 10.1. The maximum absolute atomic E-state index is 7.91. The molecule has 0 spiro atoms. The Labute approximate surface area is 361 Å². The Balaban J connectivity index is 1.47. The second-order valence-corrected chi connectivity index (χ2v) is 34.2. The number of rotatable bonds is 13. The third kappa shape index (κ3) is 7.83. The van der Waals surface area contributed by atoms with Crippen molar-refractivity contribution in [1.29, 1.82) is 0 Å². The first-order chi connectivity index (χ1) is 29.0. The van der Waals surface area contributed by atoms with E-state index < -0.39 is 32.8 Å². The summed E-state index contributed by atoms with van der Waals surface area (Å²) >= 11 is 0. The van der Waals surface area contributed by atoms with Gasteiger partial charge in [0.2, 0.25) is 0 Å². The minimum atomic E-state index is -3.54. The molecular weight excluding hydrogens is 793 g/mol. The normalized spacial score (nSPS) is 12.3. The molecular formula is C54H54O2Si4. The zero-order valence-corrected chi connectivity index (χ0v) is 39.6. The first-order valence-corrected chi connectivity index (χ1v) is 31.8. The first kappa shape index (κ1) is 41.3. The van der Waals surface area contributed by atoms with Gasteiger partial charge in [0.25, 0.3) is 0 Å². The van der Waals surface area contributed by atoms with Crippen molar-refractivity contribution in [2.45, 2.75) is 39.3 Å². The van der Waals surface area contributed by atoms with E-state index in [4.69, 9.17) is 9.15 Å². The summed E-state index contributed by atoms with van der Waals surface area (Å²) in [5.74, 6) is 0. The van der Waals surface area contributed by atoms with Gasteiger partial charge in [0.05, 0.1) is 16.1 Å². The number of benzene rings is 8. The summed E-state index contributed by atoms with van der Waals surface area (Å²) in [6.45, 7) is 14.6. The van der Waals surface area contributed by atoms with Gasteiger partial charge in [-0.15, -0.1) is 0 Å². The van der Waals surface area contributed by atoms with Crippen LogP contribution in [-0.4, -0.2) is 32.8 Å². The predicted octanol–water partition coefficient (Wildman–Crippen LogP) is 8.69. The summed E-state index contributed by atoms with van der Waals surface area (Å²) in [7, 11) is -10.7. The second kappa shape index (κ2) is 17.3. The molecule has 0 unspecified atom stereocenters. The molecule has 8 rings (SSSR count). The highest BCUT2D eigenvalue weighted by Crippen LogP contribution is 2.27. The van der Waals surface area contributed by atoms with E-state index in [1.54, 1.807) is 0 Å². The van der Waals surface area contributed by atoms with Gasteiger partial charge in [-0.3, -0.25) is 9.15 Å². The number of hydrogen-bond acceptors (Lipinski definition) is 2. The van der Waals surface area contributed by atoms with E-state index in [1.807, 2.05) is 0 Å². The molecule has 0 saturated carbocycles. The molecule has 0 atom stereocenters. The molecule has 0 aromatic heterocycles. The molecule has 60 heavy (non-hydrogen) atoms. The molecule has 0 radical (unpaired) electrons. The molecule has 0 aliphatic carbocycles. The van der Waals surface area contributed by atoms with Crippen LogP contribution in [0.25, 0.3) is 22.3 Å². The fourth-order valence-corrected chi connectivity index (χ4v) is 20.1. The highest BCUT2D eigenvalue weighted by molar-refractivity contribution is 7.10. The monoisotopic (exact) mass is 846 g/mol. The molecule has 8 aromatic carbocycles. The molecule has 0 heterocycles. The summed E-state index contributed by atoms with van der Waals surface area (Å²) in [5.41, 5.74) is 4.91. The van der Waals surface area contributed by atoms with E-state index in [0.29, 0.717) is 0 Å². The molecule has 298 valence electrons. The van der Waals surface area contributed by atoms with Crippen molar-refractivity contribution >= 4 is 74.3 Å². The Morgan fingerprint density at radius 3 is 0.683 bits per heavy atom. The van der Waals surface area contributed by atoms with Gasteiger partial charge in [0, 0.05) is 0 Å². The Morgan fingerprint density at radius 2 is 0.433 bits per heavy atom. The molecule has 0 aliphatic heterocycles. The smallest absolute Gasteiger partial charge is 0.279 e. The Hall–Kier alpha value is -5.45. The van der Waals surface area contributed by atoms with Crippen molar-refractivity contribution in [3.63, 3.8) is 0 Å². The third-order valence-electron chi connectivity index (χ3n) is 11.7. The van der Waals surface area contributed by atoms with Crippen molar-refractivity contribution in [3.8, 4) is 22.3 Å².